The molecule has 0 saturated heterocycles. The molecule has 3 N–H and O–H groups in total. The van der Waals surface area contributed by atoms with Crippen molar-refractivity contribution in [3.8, 4) is 0 Å². The van der Waals surface area contributed by atoms with Crippen LogP contribution in [0.5, 0.6) is 0 Å². The van der Waals surface area contributed by atoms with E-state index in [1.165, 1.54) is 0 Å². The Labute approximate surface area is 185 Å². The van der Waals surface area contributed by atoms with Crippen molar-refractivity contribution in [2.75, 3.05) is 6.54 Å². The number of nitrogens with one attached hydrogen (secondary N) is 2. The Bertz CT molecular complexity index is 917. The Balaban J connectivity index is 1.77. The molecule has 156 valence electrons. The topological polar surface area (TPSA) is 95.5 Å². The lowest BCUT2D eigenvalue weighted by Crippen LogP contribution is -2.43. The van der Waals surface area contributed by atoms with Crippen molar-refractivity contribution in [2.45, 2.75) is 25.3 Å². The van der Waals surface area contributed by atoms with Crippen LogP contribution in [-0.2, 0) is 4.79 Å². The quantitative estimate of drug-likeness (QED) is 0.361. The van der Waals surface area contributed by atoms with Gasteiger partial charge in [0.2, 0.25) is 0 Å². The third kappa shape index (κ3) is 7.81. The molecule has 0 heterocycles. The predicted octanol–water partition coefficient (Wildman–Crippen LogP) is 3.21. The second-order valence-corrected chi connectivity index (χ2v) is 7.51. The van der Waals surface area contributed by atoms with Crippen molar-refractivity contribution >= 4 is 51.9 Å². The van der Waals surface area contributed by atoms with E-state index in [1.54, 1.807) is 54.6 Å². The van der Waals surface area contributed by atoms with Gasteiger partial charge in [-0.15, -0.1) is 0 Å². The van der Waals surface area contributed by atoms with E-state index in [2.05, 4.69) is 10.6 Å². The van der Waals surface area contributed by atoms with Crippen LogP contribution in [-0.4, -0.2) is 45.2 Å². The molecule has 0 aliphatic rings. The van der Waals surface area contributed by atoms with E-state index in [9.17, 15) is 19.5 Å². The first kappa shape index (κ1) is 23.3. The molecule has 0 radical (unpaired) electrons. The van der Waals surface area contributed by atoms with E-state index in [0.29, 0.717) is 16.1 Å². The minimum absolute atomic E-state index is 0.0501. The molecule has 6 nitrogen and oxygen atoms in total. The molecule has 0 aliphatic heterocycles. The summed E-state index contributed by atoms with van der Waals surface area (Å²) < 4.78 is 0. The van der Waals surface area contributed by atoms with Gasteiger partial charge in [-0.05, 0) is 6.42 Å². The number of carboxylic acids is 1. The van der Waals surface area contributed by atoms with E-state index < -0.39 is 12.0 Å². The Morgan fingerprint density at radius 2 is 1.27 bits per heavy atom. The fraction of sp³-hybridized carbons (Fsp3) is 0.227. The molecule has 1 unspecified atom stereocenters. The van der Waals surface area contributed by atoms with Crippen molar-refractivity contribution in [3.05, 3.63) is 71.8 Å². The molecule has 2 aromatic carbocycles. The van der Waals surface area contributed by atoms with Crippen LogP contribution in [0.15, 0.2) is 60.7 Å². The van der Waals surface area contributed by atoms with E-state index in [-0.39, 0.29) is 42.4 Å². The smallest absolute Gasteiger partial charge is 0.326 e. The summed E-state index contributed by atoms with van der Waals surface area (Å²) in [6, 6.07) is 16.5. The van der Waals surface area contributed by atoms with E-state index in [1.807, 2.05) is 6.07 Å². The molecule has 0 aromatic heterocycles. The highest BCUT2D eigenvalue weighted by atomic mass is 32.1. The number of hydrogen-bond acceptors (Lipinski definition) is 5. The van der Waals surface area contributed by atoms with Crippen molar-refractivity contribution in [1.29, 1.82) is 0 Å². The van der Waals surface area contributed by atoms with Crippen molar-refractivity contribution in [2.24, 2.45) is 0 Å². The fourth-order valence-electron chi connectivity index (χ4n) is 2.67. The number of Topliss-reactive ketones (excluding diaryl/α,β-unsaturated/α-hetero) is 2. The highest BCUT2D eigenvalue weighted by molar-refractivity contribution is 7.80. The average Bonchev–Trinajstić information content (AvgIpc) is 2.74. The Hall–Kier alpha value is -2.97. The van der Waals surface area contributed by atoms with E-state index in [4.69, 9.17) is 24.4 Å². The van der Waals surface area contributed by atoms with Crippen LogP contribution in [0.25, 0.3) is 0 Å². The van der Waals surface area contributed by atoms with Gasteiger partial charge in [0.15, 0.2) is 11.6 Å². The SMILES string of the molecule is O=C(CC(=S)NCCC(NC(=S)CC(=O)c1ccccc1)C(=O)O)c1ccccc1. The van der Waals surface area contributed by atoms with Crippen LogP contribution in [0.1, 0.15) is 40.0 Å². The predicted molar refractivity (Wildman–Crippen MR) is 123 cm³/mol. The summed E-state index contributed by atoms with van der Waals surface area (Å²) in [7, 11) is 0. The number of carbonyl (C=O) groups is 3. The van der Waals surface area contributed by atoms with Crippen LogP contribution in [0.2, 0.25) is 0 Å². The molecule has 0 aliphatic carbocycles. The van der Waals surface area contributed by atoms with Gasteiger partial charge in [0.1, 0.15) is 6.04 Å². The Morgan fingerprint density at radius 3 is 1.73 bits per heavy atom. The molecule has 0 bridgehead atoms. The maximum atomic E-state index is 12.2. The summed E-state index contributed by atoms with van der Waals surface area (Å²) in [5, 5.41) is 15.0. The number of carboxylic acid groups (broad SMARTS) is 1. The molecular formula is C22H22N2O4S2. The van der Waals surface area contributed by atoms with Crippen molar-refractivity contribution in [3.63, 3.8) is 0 Å². The van der Waals surface area contributed by atoms with Crippen LogP contribution >= 0.6 is 24.4 Å². The molecule has 2 rings (SSSR count). The maximum absolute atomic E-state index is 12.2. The first-order chi connectivity index (χ1) is 14.4. The van der Waals surface area contributed by atoms with Gasteiger partial charge in [0.05, 0.1) is 22.8 Å². The van der Waals surface area contributed by atoms with Crippen molar-refractivity contribution in [1.82, 2.24) is 10.6 Å². The van der Waals surface area contributed by atoms with E-state index >= 15 is 0 Å². The zero-order valence-corrected chi connectivity index (χ0v) is 17.8. The molecule has 0 saturated carbocycles. The highest BCUT2D eigenvalue weighted by Crippen LogP contribution is 2.05. The lowest BCUT2D eigenvalue weighted by Gasteiger charge is -2.17. The third-order valence-corrected chi connectivity index (χ3v) is 4.77. The number of thiocarbonyl (C=S) groups is 2. The molecule has 8 heteroatoms. The number of benzene rings is 2. The van der Waals surface area contributed by atoms with E-state index in [0.717, 1.165) is 0 Å². The summed E-state index contributed by atoms with van der Waals surface area (Å²) >= 11 is 10.3. The second kappa shape index (κ2) is 11.9. The molecule has 0 spiro atoms. The van der Waals surface area contributed by atoms with Crippen molar-refractivity contribution < 1.29 is 19.5 Å². The van der Waals surface area contributed by atoms with Gasteiger partial charge in [-0.3, -0.25) is 9.59 Å². The first-order valence-corrected chi connectivity index (χ1v) is 10.1. The molecule has 0 fully saturated rings. The average molecular weight is 443 g/mol. The number of carbonyl (C=O) groups excluding carboxylic acids is 2. The lowest BCUT2D eigenvalue weighted by molar-refractivity contribution is -0.139. The third-order valence-electron chi connectivity index (χ3n) is 4.22. The van der Waals surface area contributed by atoms with Crippen LogP contribution in [0, 0.1) is 0 Å². The largest absolute Gasteiger partial charge is 0.480 e. The summed E-state index contributed by atoms with van der Waals surface area (Å²) in [6.07, 6.45) is 0.156. The molecule has 1 atom stereocenters. The van der Waals surface area contributed by atoms with Gasteiger partial charge in [-0.25, -0.2) is 4.79 Å². The molecule has 30 heavy (non-hydrogen) atoms. The zero-order chi connectivity index (χ0) is 21.9. The number of rotatable bonds is 11. The zero-order valence-electron chi connectivity index (χ0n) is 16.2. The standard InChI is InChI=1S/C22H22N2O4S2/c25-18(15-7-3-1-4-8-15)13-20(29)23-12-11-17(22(27)28)24-21(30)14-19(26)16-9-5-2-6-10-16/h1-10,17H,11-14H2,(H,23,29)(H,24,30)(H,27,28). The second-order valence-electron chi connectivity index (χ2n) is 6.53. The summed E-state index contributed by atoms with van der Waals surface area (Å²) in [6.45, 7) is 0.250. The van der Waals surface area contributed by atoms with Gasteiger partial charge in [-0.2, -0.15) is 0 Å². The summed E-state index contributed by atoms with van der Waals surface area (Å²) in [4.78, 5) is 36.4. The molecule has 2 aromatic rings. The summed E-state index contributed by atoms with van der Waals surface area (Å²) in [5.41, 5.74) is 1.09. The van der Waals surface area contributed by atoms with Gasteiger partial charge in [-0.1, -0.05) is 85.1 Å². The van der Waals surface area contributed by atoms with Crippen LogP contribution in [0.4, 0.5) is 0 Å². The van der Waals surface area contributed by atoms with Gasteiger partial charge in [0, 0.05) is 17.7 Å². The van der Waals surface area contributed by atoms with Gasteiger partial charge in [0.25, 0.3) is 0 Å². The Morgan fingerprint density at radius 1 is 0.800 bits per heavy atom. The minimum atomic E-state index is -1.09. The Kier molecular flexibility index (Phi) is 9.24. The maximum Gasteiger partial charge on any atom is 0.326 e. The van der Waals surface area contributed by atoms with Gasteiger partial charge < -0.3 is 15.7 Å². The normalized spacial score (nSPS) is 11.2. The first-order valence-electron chi connectivity index (χ1n) is 9.32. The van der Waals surface area contributed by atoms with Gasteiger partial charge >= 0.3 is 5.97 Å². The molecular weight excluding hydrogens is 420 g/mol. The lowest BCUT2D eigenvalue weighted by atomic mass is 10.1. The number of aliphatic carboxylic acids is 1. The van der Waals surface area contributed by atoms with Crippen LogP contribution < -0.4 is 10.6 Å². The number of ketones is 2. The monoisotopic (exact) mass is 442 g/mol. The summed E-state index contributed by atoms with van der Waals surface area (Å²) in [5.74, 6) is -1.38. The van der Waals surface area contributed by atoms with Crippen LogP contribution in [0.3, 0.4) is 0 Å². The number of hydrogen-bond donors (Lipinski definition) is 3. The fourth-order valence-corrected chi connectivity index (χ4v) is 3.17. The minimum Gasteiger partial charge on any atom is -0.480 e. The molecule has 0 amide bonds. The highest BCUT2D eigenvalue weighted by Gasteiger charge is 2.20.